The van der Waals surface area contributed by atoms with Crippen LogP contribution < -0.4 is 0 Å². The topological polar surface area (TPSA) is 52.1 Å². The lowest BCUT2D eigenvalue weighted by molar-refractivity contribution is 0.0499. The Kier molecular flexibility index (Phi) is 5.43. The first-order valence-electron chi connectivity index (χ1n) is 7.27. The van der Waals surface area contributed by atoms with Gasteiger partial charge >= 0.3 is 5.97 Å². The standard InChI is InChI=1S/C17H20N2O2/c1-3-4-5-11-21-17(20)15-12-13(2)7-8-14(15)16-18-9-6-10-19-16/h6-10,12H,3-5,11H2,1-2H3. The van der Waals surface area contributed by atoms with Gasteiger partial charge in [0, 0.05) is 18.0 Å². The Morgan fingerprint density at radius 2 is 1.95 bits per heavy atom. The van der Waals surface area contributed by atoms with Crippen LogP contribution in [-0.2, 0) is 4.74 Å². The monoisotopic (exact) mass is 284 g/mol. The van der Waals surface area contributed by atoms with Crippen LogP contribution >= 0.6 is 0 Å². The van der Waals surface area contributed by atoms with Gasteiger partial charge in [-0.1, -0.05) is 37.5 Å². The van der Waals surface area contributed by atoms with Crippen molar-refractivity contribution in [3.63, 3.8) is 0 Å². The highest BCUT2D eigenvalue weighted by Gasteiger charge is 2.16. The summed E-state index contributed by atoms with van der Waals surface area (Å²) < 4.78 is 5.35. The molecular formula is C17H20N2O2. The van der Waals surface area contributed by atoms with E-state index in [4.69, 9.17) is 4.74 Å². The van der Waals surface area contributed by atoms with E-state index < -0.39 is 0 Å². The van der Waals surface area contributed by atoms with Gasteiger partial charge in [-0.3, -0.25) is 0 Å². The van der Waals surface area contributed by atoms with Crippen LogP contribution in [0.4, 0.5) is 0 Å². The highest BCUT2D eigenvalue weighted by Crippen LogP contribution is 2.22. The quantitative estimate of drug-likeness (QED) is 0.598. The van der Waals surface area contributed by atoms with E-state index in [1.807, 2.05) is 25.1 Å². The van der Waals surface area contributed by atoms with Gasteiger partial charge in [0.1, 0.15) is 0 Å². The van der Waals surface area contributed by atoms with Crippen LogP contribution in [0.1, 0.15) is 42.1 Å². The fourth-order valence-corrected chi connectivity index (χ4v) is 2.05. The fraction of sp³-hybridized carbons (Fsp3) is 0.353. The van der Waals surface area contributed by atoms with E-state index in [1.165, 1.54) is 0 Å². The van der Waals surface area contributed by atoms with Gasteiger partial charge in [-0.15, -0.1) is 0 Å². The van der Waals surface area contributed by atoms with Crippen LogP contribution in [0.2, 0.25) is 0 Å². The van der Waals surface area contributed by atoms with Crippen LogP contribution in [0.25, 0.3) is 11.4 Å². The first-order valence-corrected chi connectivity index (χ1v) is 7.27. The SMILES string of the molecule is CCCCCOC(=O)c1cc(C)ccc1-c1ncccn1. The van der Waals surface area contributed by atoms with Gasteiger partial charge in [0.15, 0.2) is 5.82 Å². The maximum Gasteiger partial charge on any atom is 0.338 e. The highest BCUT2D eigenvalue weighted by molar-refractivity contribution is 5.96. The number of nitrogens with zero attached hydrogens (tertiary/aromatic N) is 2. The predicted molar refractivity (Wildman–Crippen MR) is 82.0 cm³/mol. The number of aromatic nitrogens is 2. The molecule has 1 aromatic heterocycles. The summed E-state index contributed by atoms with van der Waals surface area (Å²) in [7, 11) is 0. The van der Waals surface area contributed by atoms with Crippen LogP contribution in [0.5, 0.6) is 0 Å². The van der Waals surface area contributed by atoms with Crippen LogP contribution in [0, 0.1) is 6.92 Å². The lowest BCUT2D eigenvalue weighted by Gasteiger charge is -2.09. The molecular weight excluding hydrogens is 264 g/mol. The molecule has 110 valence electrons. The van der Waals surface area contributed by atoms with E-state index in [0.717, 1.165) is 24.8 Å². The van der Waals surface area contributed by atoms with Gasteiger partial charge < -0.3 is 4.74 Å². The van der Waals surface area contributed by atoms with Gasteiger partial charge in [0.05, 0.1) is 12.2 Å². The lowest BCUT2D eigenvalue weighted by Crippen LogP contribution is -2.09. The minimum atomic E-state index is -0.308. The zero-order chi connectivity index (χ0) is 15.1. The van der Waals surface area contributed by atoms with Crippen LogP contribution in [0.15, 0.2) is 36.7 Å². The van der Waals surface area contributed by atoms with Crippen molar-refractivity contribution in [1.82, 2.24) is 9.97 Å². The normalized spacial score (nSPS) is 10.4. The molecule has 0 saturated heterocycles. The molecule has 0 N–H and O–H groups in total. The van der Waals surface area contributed by atoms with E-state index in [0.29, 0.717) is 23.6 Å². The van der Waals surface area contributed by atoms with Gasteiger partial charge in [-0.05, 0) is 25.5 Å². The molecule has 0 saturated carbocycles. The van der Waals surface area contributed by atoms with Crippen molar-refractivity contribution < 1.29 is 9.53 Å². The molecule has 1 aromatic carbocycles. The summed E-state index contributed by atoms with van der Waals surface area (Å²) in [5.41, 5.74) is 2.24. The van der Waals surface area contributed by atoms with E-state index >= 15 is 0 Å². The molecule has 0 aliphatic carbocycles. The number of ether oxygens (including phenoxy) is 1. The molecule has 21 heavy (non-hydrogen) atoms. The molecule has 0 aliphatic rings. The Labute approximate surface area is 125 Å². The van der Waals surface area contributed by atoms with Gasteiger partial charge in [-0.25, -0.2) is 14.8 Å². The summed E-state index contributed by atoms with van der Waals surface area (Å²) >= 11 is 0. The predicted octanol–water partition coefficient (Wildman–Crippen LogP) is 3.80. The smallest absolute Gasteiger partial charge is 0.338 e. The molecule has 0 radical (unpaired) electrons. The van der Waals surface area contributed by atoms with Crippen LogP contribution in [0.3, 0.4) is 0 Å². The lowest BCUT2D eigenvalue weighted by atomic mass is 10.0. The average Bonchev–Trinajstić information content (AvgIpc) is 2.52. The molecule has 0 spiro atoms. The molecule has 0 atom stereocenters. The Bertz CT molecular complexity index is 597. The number of unbranched alkanes of at least 4 members (excludes halogenated alkanes) is 2. The molecule has 1 heterocycles. The summed E-state index contributed by atoms with van der Waals surface area (Å²) in [4.78, 5) is 20.7. The maximum atomic E-state index is 12.3. The molecule has 0 amide bonds. The largest absolute Gasteiger partial charge is 0.462 e. The summed E-state index contributed by atoms with van der Waals surface area (Å²) in [5, 5.41) is 0. The van der Waals surface area contributed by atoms with Crippen molar-refractivity contribution in [2.24, 2.45) is 0 Å². The third kappa shape index (κ3) is 4.12. The second-order valence-corrected chi connectivity index (χ2v) is 4.96. The first-order chi connectivity index (χ1) is 10.2. The molecule has 2 rings (SSSR count). The second kappa shape index (κ2) is 7.53. The van der Waals surface area contributed by atoms with Gasteiger partial charge in [0.2, 0.25) is 0 Å². The van der Waals surface area contributed by atoms with Crippen molar-refractivity contribution in [2.45, 2.75) is 33.1 Å². The Balaban J connectivity index is 2.21. The number of benzene rings is 1. The summed E-state index contributed by atoms with van der Waals surface area (Å²) in [6, 6.07) is 7.39. The minimum Gasteiger partial charge on any atom is -0.462 e. The Hall–Kier alpha value is -2.23. The number of aryl methyl sites for hydroxylation is 1. The number of esters is 1. The summed E-state index contributed by atoms with van der Waals surface area (Å²) in [5.74, 6) is 0.232. The number of rotatable bonds is 6. The number of hydrogen-bond donors (Lipinski definition) is 0. The van der Waals surface area contributed by atoms with Gasteiger partial charge in [0.25, 0.3) is 0 Å². The van der Waals surface area contributed by atoms with Crippen molar-refractivity contribution in [1.29, 1.82) is 0 Å². The van der Waals surface area contributed by atoms with Crippen molar-refractivity contribution >= 4 is 5.97 Å². The molecule has 0 bridgehead atoms. The molecule has 4 heteroatoms. The number of carbonyl (C=O) groups is 1. The second-order valence-electron chi connectivity index (χ2n) is 4.96. The molecule has 2 aromatic rings. The first kappa shape index (κ1) is 15.2. The number of carbonyl (C=O) groups excluding carboxylic acids is 1. The summed E-state index contributed by atoms with van der Waals surface area (Å²) in [6.45, 7) is 4.52. The zero-order valence-electron chi connectivity index (χ0n) is 12.5. The molecule has 0 fully saturated rings. The number of hydrogen-bond acceptors (Lipinski definition) is 4. The highest BCUT2D eigenvalue weighted by atomic mass is 16.5. The molecule has 0 aliphatic heterocycles. The third-order valence-electron chi connectivity index (χ3n) is 3.18. The molecule has 0 unspecified atom stereocenters. The van der Waals surface area contributed by atoms with Crippen molar-refractivity contribution in [2.75, 3.05) is 6.61 Å². The van der Waals surface area contributed by atoms with Crippen LogP contribution in [-0.4, -0.2) is 22.5 Å². The third-order valence-corrected chi connectivity index (χ3v) is 3.18. The van der Waals surface area contributed by atoms with Crippen molar-refractivity contribution in [3.05, 3.63) is 47.8 Å². The maximum absolute atomic E-state index is 12.3. The zero-order valence-corrected chi connectivity index (χ0v) is 12.5. The van der Waals surface area contributed by atoms with E-state index in [9.17, 15) is 4.79 Å². The minimum absolute atomic E-state index is 0.308. The van der Waals surface area contributed by atoms with Gasteiger partial charge in [-0.2, -0.15) is 0 Å². The van der Waals surface area contributed by atoms with E-state index in [1.54, 1.807) is 18.5 Å². The molecule has 4 nitrogen and oxygen atoms in total. The summed E-state index contributed by atoms with van der Waals surface area (Å²) in [6.07, 6.45) is 6.39. The fourth-order valence-electron chi connectivity index (χ4n) is 2.05. The van der Waals surface area contributed by atoms with E-state index in [-0.39, 0.29) is 5.97 Å². The van der Waals surface area contributed by atoms with E-state index in [2.05, 4.69) is 16.9 Å². The Morgan fingerprint density at radius 3 is 2.67 bits per heavy atom. The Morgan fingerprint density at radius 1 is 1.19 bits per heavy atom. The van der Waals surface area contributed by atoms with Crippen molar-refractivity contribution in [3.8, 4) is 11.4 Å². The average molecular weight is 284 g/mol.